The number of amides is 2. The summed E-state index contributed by atoms with van der Waals surface area (Å²) < 4.78 is 38.1. The Bertz CT molecular complexity index is 1070. The van der Waals surface area contributed by atoms with Gasteiger partial charge in [0.15, 0.2) is 0 Å². The minimum Gasteiger partial charge on any atom is -0.360 e. The fourth-order valence-electron chi connectivity index (χ4n) is 4.25. The molecule has 2 aliphatic rings. The minimum atomic E-state index is -3.13. The minimum absolute atomic E-state index is 0.0863. The second-order valence-corrected chi connectivity index (χ2v) is 10.1. The number of carbonyl (C=O) groups excluding carboxylic acids is 1. The second kappa shape index (κ2) is 8.39. The highest BCUT2D eigenvalue weighted by Gasteiger charge is 2.26. The summed E-state index contributed by atoms with van der Waals surface area (Å²) in [4.78, 5) is 17.4. The first kappa shape index (κ1) is 20.9. The number of carbonyl (C=O) groups is 1. The predicted molar refractivity (Wildman–Crippen MR) is 115 cm³/mol. The highest BCUT2D eigenvalue weighted by molar-refractivity contribution is 7.88. The molecule has 0 radical (unpaired) electrons. The summed E-state index contributed by atoms with van der Waals surface area (Å²) in [6.07, 6.45) is 7.46. The third-order valence-corrected chi connectivity index (χ3v) is 7.37. The molecule has 7 nitrogen and oxygen atoms in total. The maximum atomic E-state index is 13.4. The molecule has 2 amide bonds. The lowest BCUT2D eigenvalue weighted by molar-refractivity contribution is 0.196. The van der Waals surface area contributed by atoms with Gasteiger partial charge in [-0.05, 0) is 49.0 Å². The fraction of sp³-hybridized carbons (Fsp3) is 0.476. The molecule has 162 valence electrons. The van der Waals surface area contributed by atoms with Crippen LogP contribution < -0.4 is 5.32 Å². The summed E-state index contributed by atoms with van der Waals surface area (Å²) in [5, 5.41) is 3.99. The van der Waals surface area contributed by atoms with E-state index in [0.29, 0.717) is 38.6 Å². The Hall–Kier alpha value is -2.39. The molecular formula is C21H27FN4O3S. The molecule has 0 bridgehead atoms. The third-order valence-electron chi connectivity index (χ3n) is 6.07. The smallest absolute Gasteiger partial charge is 0.317 e. The Kier molecular flexibility index (Phi) is 5.84. The predicted octanol–water partition coefficient (Wildman–Crippen LogP) is 2.78. The van der Waals surface area contributed by atoms with Crippen molar-refractivity contribution in [2.75, 3.05) is 39.0 Å². The van der Waals surface area contributed by atoms with Crippen molar-refractivity contribution in [3.63, 3.8) is 0 Å². The van der Waals surface area contributed by atoms with Gasteiger partial charge in [-0.15, -0.1) is 0 Å². The van der Waals surface area contributed by atoms with Gasteiger partial charge in [-0.3, -0.25) is 0 Å². The molecule has 1 aromatic carbocycles. The van der Waals surface area contributed by atoms with E-state index < -0.39 is 10.0 Å². The van der Waals surface area contributed by atoms with Crippen molar-refractivity contribution >= 4 is 32.5 Å². The Balaban J connectivity index is 1.29. The highest BCUT2D eigenvalue weighted by atomic mass is 32.2. The lowest BCUT2D eigenvalue weighted by Crippen LogP contribution is -2.45. The molecule has 0 aliphatic carbocycles. The average Bonchev–Trinajstić information content (AvgIpc) is 3.14. The molecule has 30 heavy (non-hydrogen) atoms. The molecule has 4 rings (SSSR count). The number of aromatic amines is 1. The molecule has 2 aliphatic heterocycles. The maximum Gasteiger partial charge on any atom is 0.317 e. The first-order chi connectivity index (χ1) is 14.3. The number of fused-ring (bicyclic) bond motifs is 1. The van der Waals surface area contributed by atoms with E-state index in [2.05, 4.69) is 16.4 Å². The molecule has 1 fully saturated rings. The molecule has 2 N–H and O–H groups in total. The van der Waals surface area contributed by atoms with Crippen LogP contribution in [0.4, 0.5) is 9.18 Å². The molecule has 9 heteroatoms. The number of nitrogens with zero attached hydrogens (tertiary/aromatic N) is 2. The van der Waals surface area contributed by atoms with Crippen LogP contribution in [0, 0.1) is 11.7 Å². The summed E-state index contributed by atoms with van der Waals surface area (Å²) in [5.74, 6) is 0.0350. The molecular weight excluding hydrogens is 407 g/mol. The van der Waals surface area contributed by atoms with Gasteiger partial charge in [0.1, 0.15) is 5.82 Å². The van der Waals surface area contributed by atoms with Crippen molar-refractivity contribution in [3.8, 4) is 0 Å². The lowest BCUT2D eigenvalue weighted by Gasteiger charge is -2.31. The molecule has 0 atom stereocenters. The SMILES string of the molecule is CS(=O)(=O)N1CCC(CNC(=O)N2CC=C(c3c[nH]c4cc(F)ccc34)CC2)CC1. The molecule has 1 aromatic heterocycles. The zero-order valence-electron chi connectivity index (χ0n) is 17.0. The van der Waals surface area contributed by atoms with Gasteiger partial charge in [0, 0.05) is 55.4 Å². The third kappa shape index (κ3) is 4.52. The van der Waals surface area contributed by atoms with E-state index in [4.69, 9.17) is 0 Å². The van der Waals surface area contributed by atoms with Crippen molar-refractivity contribution in [1.29, 1.82) is 0 Å². The summed E-state index contributed by atoms with van der Waals surface area (Å²) >= 11 is 0. The summed E-state index contributed by atoms with van der Waals surface area (Å²) in [7, 11) is -3.13. The zero-order chi connectivity index (χ0) is 21.3. The number of benzene rings is 1. The summed E-state index contributed by atoms with van der Waals surface area (Å²) in [6.45, 7) is 2.75. The van der Waals surface area contributed by atoms with E-state index in [1.54, 1.807) is 11.0 Å². The van der Waals surface area contributed by atoms with Crippen LogP contribution in [0.25, 0.3) is 16.5 Å². The molecule has 2 aromatic rings. The van der Waals surface area contributed by atoms with Gasteiger partial charge in [0.25, 0.3) is 0 Å². The Labute approximate surface area is 176 Å². The van der Waals surface area contributed by atoms with E-state index >= 15 is 0 Å². The molecule has 1 saturated heterocycles. The number of hydrogen-bond donors (Lipinski definition) is 2. The second-order valence-electron chi connectivity index (χ2n) is 8.11. The molecule has 0 spiro atoms. The largest absolute Gasteiger partial charge is 0.360 e. The van der Waals surface area contributed by atoms with Crippen LogP contribution in [0.5, 0.6) is 0 Å². The first-order valence-electron chi connectivity index (χ1n) is 10.2. The van der Waals surface area contributed by atoms with Gasteiger partial charge < -0.3 is 15.2 Å². The van der Waals surface area contributed by atoms with Crippen LogP contribution in [-0.4, -0.2) is 67.6 Å². The van der Waals surface area contributed by atoms with Crippen molar-refractivity contribution < 1.29 is 17.6 Å². The van der Waals surface area contributed by atoms with Crippen LogP contribution in [0.3, 0.4) is 0 Å². The fourth-order valence-corrected chi connectivity index (χ4v) is 5.12. The topological polar surface area (TPSA) is 85.5 Å². The number of hydrogen-bond acceptors (Lipinski definition) is 3. The van der Waals surface area contributed by atoms with Crippen molar-refractivity contribution in [2.45, 2.75) is 19.3 Å². The number of rotatable bonds is 4. The van der Waals surface area contributed by atoms with Crippen LogP contribution in [0.1, 0.15) is 24.8 Å². The van der Waals surface area contributed by atoms with Crippen LogP contribution >= 0.6 is 0 Å². The number of halogens is 1. The highest BCUT2D eigenvalue weighted by Crippen LogP contribution is 2.29. The number of sulfonamides is 1. The maximum absolute atomic E-state index is 13.4. The number of urea groups is 1. The number of piperidine rings is 1. The van der Waals surface area contributed by atoms with Crippen molar-refractivity contribution in [2.24, 2.45) is 5.92 Å². The van der Waals surface area contributed by atoms with Crippen LogP contribution in [0.15, 0.2) is 30.5 Å². The number of nitrogens with one attached hydrogen (secondary N) is 2. The quantitative estimate of drug-likeness (QED) is 0.776. The van der Waals surface area contributed by atoms with E-state index in [1.807, 2.05) is 6.20 Å². The van der Waals surface area contributed by atoms with Crippen LogP contribution in [-0.2, 0) is 10.0 Å². The normalized spacial score (nSPS) is 19.1. The Morgan fingerprint density at radius 2 is 2.03 bits per heavy atom. The van der Waals surface area contributed by atoms with E-state index in [1.165, 1.54) is 22.7 Å². The van der Waals surface area contributed by atoms with E-state index in [9.17, 15) is 17.6 Å². The van der Waals surface area contributed by atoms with Gasteiger partial charge in [0.05, 0.1) is 6.26 Å². The Morgan fingerprint density at radius 1 is 1.27 bits per heavy atom. The summed E-state index contributed by atoms with van der Waals surface area (Å²) in [6, 6.07) is 4.65. The monoisotopic (exact) mass is 434 g/mol. The summed E-state index contributed by atoms with van der Waals surface area (Å²) in [5.41, 5.74) is 2.99. The van der Waals surface area contributed by atoms with E-state index in [0.717, 1.165) is 41.3 Å². The number of H-pyrrole nitrogens is 1. The molecule has 0 saturated carbocycles. The zero-order valence-corrected chi connectivity index (χ0v) is 17.8. The number of aromatic nitrogens is 1. The standard InChI is InChI=1S/C21H27FN4O3S/c1-30(28,29)26-10-4-15(5-11-26)13-24-21(27)25-8-6-16(7-9-25)19-14-23-20-12-17(22)2-3-18(19)20/h2-3,6,12,14-15,23H,4-5,7-11,13H2,1H3,(H,24,27). The van der Waals surface area contributed by atoms with Crippen LogP contribution in [0.2, 0.25) is 0 Å². The van der Waals surface area contributed by atoms with E-state index in [-0.39, 0.29) is 11.8 Å². The van der Waals surface area contributed by atoms with Crippen molar-refractivity contribution in [1.82, 2.24) is 19.5 Å². The molecule has 0 unspecified atom stereocenters. The first-order valence-corrected chi connectivity index (χ1v) is 12.1. The van der Waals surface area contributed by atoms with Gasteiger partial charge in [-0.2, -0.15) is 0 Å². The van der Waals surface area contributed by atoms with Gasteiger partial charge in [-0.25, -0.2) is 21.9 Å². The van der Waals surface area contributed by atoms with Crippen molar-refractivity contribution in [3.05, 3.63) is 41.9 Å². The Morgan fingerprint density at radius 3 is 2.70 bits per heavy atom. The molecule has 3 heterocycles. The van der Waals surface area contributed by atoms with Gasteiger partial charge >= 0.3 is 6.03 Å². The van der Waals surface area contributed by atoms with Gasteiger partial charge in [-0.1, -0.05) is 6.08 Å². The lowest BCUT2D eigenvalue weighted by atomic mass is 9.98. The van der Waals surface area contributed by atoms with Gasteiger partial charge in [0.2, 0.25) is 10.0 Å². The average molecular weight is 435 g/mol.